The van der Waals surface area contributed by atoms with Crippen molar-refractivity contribution in [2.75, 3.05) is 5.75 Å². The van der Waals surface area contributed by atoms with Crippen LogP contribution < -0.4 is 0 Å². The number of carbonyl (C=O) groups is 1. The Hall–Kier alpha value is -1.54. The lowest BCUT2D eigenvalue weighted by molar-refractivity contribution is -0.121. The van der Waals surface area contributed by atoms with Crippen LogP contribution in [0.15, 0.2) is 59.5 Å². The van der Waals surface area contributed by atoms with Gasteiger partial charge in [-0.05, 0) is 37.0 Å². The summed E-state index contributed by atoms with van der Waals surface area (Å²) in [7, 11) is 0. The van der Waals surface area contributed by atoms with Gasteiger partial charge in [-0.3, -0.25) is 4.79 Å². The monoisotopic (exact) mass is 296 g/mol. The van der Waals surface area contributed by atoms with Gasteiger partial charge in [-0.2, -0.15) is 0 Å². The van der Waals surface area contributed by atoms with Crippen LogP contribution in [-0.4, -0.2) is 11.5 Å². The molecule has 1 saturated carbocycles. The second-order valence-electron chi connectivity index (χ2n) is 5.78. The van der Waals surface area contributed by atoms with Crippen LogP contribution in [-0.2, 0) is 10.2 Å². The summed E-state index contributed by atoms with van der Waals surface area (Å²) in [6.45, 7) is 2.13. The number of aryl methyl sites for hydroxylation is 1. The van der Waals surface area contributed by atoms with E-state index in [0.717, 1.165) is 25.0 Å². The standard InChI is InChI=1S/C19H20OS/c1-15-8-5-6-11-17(15)21-14-19(13-7-12-18(19)20)16-9-3-2-4-10-16/h2-6,8-11H,7,12-14H2,1H3/t19-/m0/s1. The fourth-order valence-corrected chi connectivity index (χ4v) is 4.49. The lowest BCUT2D eigenvalue weighted by Gasteiger charge is -2.28. The first-order valence-corrected chi connectivity index (χ1v) is 8.48. The molecule has 0 saturated heterocycles. The molecule has 108 valence electrons. The van der Waals surface area contributed by atoms with Crippen LogP contribution in [0.25, 0.3) is 0 Å². The molecule has 0 aliphatic heterocycles. The normalized spacial score (nSPS) is 21.7. The maximum absolute atomic E-state index is 12.6. The van der Waals surface area contributed by atoms with E-state index in [4.69, 9.17) is 0 Å². The third-order valence-electron chi connectivity index (χ3n) is 4.44. The fourth-order valence-electron chi connectivity index (χ4n) is 3.15. The van der Waals surface area contributed by atoms with Crippen LogP contribution in [0.2, 0.25) is 0 Å². The van der Waals surface area contributed by atoms with Crippen LogP contribution in [0.3, 0.4) is 0 Å². The molecule has 1 nitrogen and oxygen atoms in total. The maximum atomic E-state index is 12.6. The molecule has 1 atom stereocenters. The predicted octanol–water partition coefficient (Wildman–Crippen LogP) is 4.78. The first kappa shape index (κ1) is 14.4. The molecule has 1 aliphatic carbocycles. The molecule has 21 heavy (non-hydrogen) atoms. The van der Waals surface area contributed by atoms with Crippen molar-refractivity contribution in [1.82, 2.24) is 0 Å². The molecule has 2 aromatic rings. The van der Waals surface area contributed by atoms with Gasteiger partial charge < -0.3 is 0 Å². The molecule has 1 fully saturated rings. The summed E-state index contributed by atoms with van der Waals surface area (Å²) in [5.74, 6) is 1.26. The van der Waals surface area contributed by atoms with E-state index in [1.54, 1.807) is 0 Å². The minimum atomic E-state index is -0.284. The van der Waals surface area contributed by atoms with Crippen molar-refractivity contribution in [3.63, 3.8) is 0 Å². The highest BCUT2D eigenvalue weighted by atomic mass is 32.2. The van der Waals surface area contributed by atoms with E-state index < -0.39 is 0 Å². The number of benzene rings is 2. The Kier molecular flexibility index (Phi) is 4.16. The molecule has 0 heterocycles. The minimum absolute atomic E-state index is 0.284. The Morgan fingerprint density at radius 3 is 2.43 bits per heavy atom. The highest BCUT2D eigenvalue weighted by molar-refractivity contribution is 7.99. The number of Topliss-reactive ketones (excluding diaryl/α,β-unsaturated/α-hetero) is 1. The predicted molar refractivity (Wildman–Crippen MR) is 88.9 cm³/mol. The summed E-state index contributed by atoms with van der Waals surface area (Å²) in [6.07, 6.45) is 2.72. The molecule has 0 amide bonds. The third-order valence-corrected chi connectivity index (χ3v) is 5.84. The molecule has 0 radical (unpaired) electrons. The quantitative estimate of drug-likeness (QED) is 0.755. The third kappa shape index (κ3) is 2.77. The number of rotatable bonds is 4. The fraction of sp³-hybridized carbons (Fsp3) is 0.316. The molecular weight excluding hydrogens is 276 g/mol. The molecule has 0 bridgehead atoms. The van der Waals surface area contributed by atoms with E-state index in [9.17, 15) is 4.79 Å². The zero-order chi connectivity index (χ0) is 14.7. The van der Waals surface area contributed by atoms with Gasteiger partial charge >= 0.3 is 0 Å². The van der Waals surface area contributed by atoms with Gasteiger partial charge in [0.1, 0.15) is 5.78 Å². The van der Waals surface area contributed by atoms with Gasteiger partial charge in [0.15, 0.2) is 0 Å². The van der Waals surface area contributed by atoms with Crippen LogP contribution in [0.4, 0.5) is 0 Å². The van der Waals surface area contributed by atoms with Crippen molar-refractivity contribution in [2.24, 2.45) is 0 Å². The Balaban J connectivity index is 1.88. The van der Waals surface area contributed by atoms with Crippen molar-refractivity contribution in [3.8, 4) is 0 Å². The number of carbonyl (C=O) groups excluding carboxylic acids is 1. The SMILES string of the molecule is Cc1ccccc1SC[C@]1(c2ccccc2)CCCC1=O. The van der Waals surface area contributed by atoms with E-state index in [1.165, 1.54) is 16.0 Å². The molecule has 0 spiro atoms. The van der Waals surface area contributed by atoms with Crippen molar-refractivity contribution < 1.29 is 4.79 Å². The van der Waals surface area contributed by atoms with Crippen molar-refractivity contribution in [2.45, 2.75) is 36.5 Å². The van der Waals surface area contributed by atoms with E-state index in [2.05, 4.69) is 43.3 Å². The molecule has 2 aromatic carbocycles. The first-order valence-electron chi connectivity index (χ1n) is 7.50. The summed E-state index contributed by atoms with van der Waals surface area (Å²) in [5, 5.41) is 0. The summed E-state index contributed by atoms with van der Waals surface area (Å²) in [6, 6.07) is 18.7. The number of hydrogen-bond donors (Lipinski definition) is 0. The van der Waals surface area contributed by atoms with Crippen LogP contribution >= 0.6 is 11.8 Å². The molecule has 0 aromatic heterocycles. The Morgan fingerprint density at radius 1 is 1.05 bits per heavy atom. The summed E-state index contributed by atoms with van der Waals surface area (Å²) in [5.41, 5.74) is 2.19. The van der Waals surface area contributed by atoms with Gasteiger partial charge in [0.25, 0.3) is 0 Å². The number of thioether (sulfide) groups is 1. The smallest absolute Gasteiger partial charge is 0.144 e. The van der Waals surface area contributed by atoms with Crippen LogP contribution in [0, 0.1) is 6.92 Å². The largest absolute Gasteiger partial charge is 0.299 e. The zero-order valence-corrected chi connectivity index (χ0v) is 13.2. The second-order valence-corrected chi connectivity index (χ2v) is 6.80. The lowest BCUT2D eigenvalue weighted by atomic mass is 9.80. The van der Waals surface area contributed by atoms with Crippen LogP contribution in [0.5, 0.6) is 0 Å². The Labute approximate surface area is 130 Å². The number of ketones is 1. The lowest BCUT2D eigenvalue weighted by Crippen LogP contribution is -2.33. The summed E-state index contributed by atoms with van der Waals surface area (Å²) >= 11 is 1.82. The summed E-state index contributed by atoms with van der Waals surface area (Å²) in [4.78, 5) is 13.9. The van der Waals surface area contributed by atoms with Gasteiger partial charge in [-0.15, -0.1) is 11.8 Å². The van der Waals surface area contributed by atoms with Crippen molar-refractivity contribution in [1.29, 1.82) is 0 Å². The minimum Gasteiger partial charge on any atom is -0.299 e. The van der Waals surface area contributed by atoms with Gasteiger partial charge in [0, 0.05) is 17.1 Å². The first-order chi connectivity index (χ1) is 10.2. The van der Waals surface area contributed by atoms with Crippen LogP contribution in [0.1, 0.15) is 30.4 Å². The number of hydrogen-bond acceptors (Lipinski definition) is 2. The van der Waals surface area contributed by atoms with E-state index in [-0.39, 0.29) is 5.41 Å². The average Bonchev–Trinajstić information content (AvgIpc) is 2.89. The topological polar surface area (TPSA) is 17.1 Å². The molecule has 0 unspecified atom stereocenters. The summed E-state index contributed by atoms with van der Waals surface area (Å²) < 4.78 is 0. The Bertz CT molecular complexity index is 635. The van der Waals surface area contributed by atoms with E-state index >= 15 is 0 Å². The molecule has 1 aliphatic rings. The van der Waals surface area contributed by atoms with Gasteiger partial charge in [-0.25, -0.2) is 0 Å². The van der Waals surface area contributed by atoms with E-state index in [1.807, 2.05) is 30.0 Å². The van der Waals surface area contributed by atoms with E-state index in [0.29, 0.717) is 5.78 Å². The second kappa shape index (κ2) is 6.07. The van der Waals surface area contributed by atoms with Crippen molar-refractivity contribution in [3.05, 3.63) is 65.7 Å². The molecular formula is C19H20OS. The average molecular weight is 296 g/mol. The van der Waals surface area contributed by atoms with Gasteiger partial charge in [-0.1, -0.05) is 48.5 Å². The molecule has 3 rings (SSSR count). The maximum Gasteiger partial charge on any atom is 0.144 e. The highest BCUT2D eigenvalue weighted by Gasteiger charge is 2.43. The van der Waals surface area contributed by atoms with Gasteiger partial charge in [0.05, 0.1) is 5.41 Å². The Morgan fingerprint density at radius 2 is 1.76 bits per heavy atom. The molecule has 2 heteroatoms. The van der Waals surface area contributed by atoms with Crippen molar-refractivity contribution >= 4 is 17.5 Å². The highest BCUT2D eigenvalue weighted by Crippen LogP contribution is 2.42. The zero-order valence-electron chi connectivity index (χ0n) is 12.3. The molecule has 0 N–H and O–H groups in total. The van der Waals surface area contributed by atoms with Gasteiger partial charge in [0.2, 0.25) is 0 Å².